The molecule has 88 valence electrons. The molecule has 2 rings (SSSR count). The monoisotopic (exact) mass is 231 g/mol. The fourth-order valence-electron chi connectivity index (χ4n) is 1.37. The zero-order valence-electron chi connectivity index (χ0n) is 9.65. The Morgan fingerprint density at radius 2 is 2.18 bits per heavy atom. The molecule has 17 heavy (non-hydrogen) atoms. The molecule has 0 spiro atoms. The number of aromatic nitrogens is 1. The summed E-state index contributed by atoms with van der Waals surface area (Å²) in [5.41, 5.74) is 7.10. The van der Waals surface area contributed by atoms with E-state index in [0.29, 0.717) is 17.3 Å². The highest BCUT2D eigenvalue weighted by Crippen LogP contribution is 2.14. The van der Waals surface area contributed by atoms with E-state index in [1.165, 1.54) is 6.20 Å². The van der Waals surface area contributed by atoms with Crippen LogP contribution in [-0.2, 0) is 0 Å². The largest absolute Gasteiger partial charge is 0.456 e. The number of hydrogen-bond acceptors (Lipinski definition) is 4. The van der Waals surface area contributed by atoms with Crippen LogP contribution < -0.4 is 11.1 Å². The summed E-state index contributed by atoms with van der Waals surface area (Å²) in [6.07, 6.45) is 1.51. The van der Waals surface area contributed by atoms with E-state index in [9.17, 15) is 4.79 Å². The van der Waals surface area contributed by atoms with Gasteiger partial charge in [0.05, 0.1) is 11.9 Å². The van der Waals surface area contributed by atoms with Crippen LogP contribution in [-0.4, -0.2) is 10.9 Å². The molecule has 2 heterocycles. The molecule has 3 N–H and O–H groups in total. The van der Waals surface area contributed by atoms with Crippen molar-refractivity contribution in [2.75, 3.05) is 11.1 Å². The highest BCUT2D eigenvalue weighted by atomic mass is 16.3. The summed E-state index contributed by atoms with van der Waals surface area (Å²) in [6, 6.07) is 5.06. The maximum atomic E-state index is 11.7. The Labute approximate surface area is 98.6 Å². The van der Waals surface area contributed by atoms with E-state index >= 15 is 0 Å². The van der Waals surface area contributed by atoms with Crippen LogP contribution >= 0.6 is 0 Å². The fraction of sp³-hybridized carbons (Fsp3) is 0.167. The lowest BCUT2D eigenvalue weighted by atomic mass is 10.2. The molecule has 0 aliphatic rings. The van der Waals surface area contributed by atoms with Gasteiger partial charge in [-0.25, -0.2) is 4.98 Å². The van der Waals surface area contributed by atoms with Gasteiger partial charge in [0.15, 0.2) is 5.76 Å². The Morgan fingerprint density at radius 3 is 2.76 bits per heavy atom. The Kier molecular flexibility index (Phi) is 2.82. The summed E-state index contributed by atoms with van der Waals surface area (Å²) < 4.78 is 5.21. The average Bonchev–Trinajstić information content (AvgIpc) is 2.70. The summed E-state index contributed by atoms with van der Waals surface area (Å²) in [5.74, 6) is 1.08. The van der Waals surface area contributed by atoms with Crippen LogP contribution in [0.3, 0.4) is 0 Å². The second-order valence-corrected chi connectivity index (χ2v) is 3.79. The molecule has 0 aliphatic carbocycles. The van der Waals surface area contributed by atoms with Crippen molar-refractivity contribution in [1.29, 1.82) is 0 Å². The van der Waals surface area contributed by atoms with Crippen LogP contribution in [0.4, 0.5) is 11.5 Å². The van der Waals surface area contributed by atoms with Crippen molar-refractivity contribution in [3.8, 4) is 0 Å². The second kappa shape index (κ2) is 4.29. The van der Waals surface area contributed by atoms with Gasteiger partial charge in [-0.05, 0) is 37.6 Å². The van der Waals surface area contributed by atoms with Crippen molar-refractivity contribution < 1.29 is 9.21 Å². The Morgan fingerprint density at radius 1 is 1.41 bits per heavy atom. The van der Waals surface area contributed by atoms with Crippen molar-refractivity contribution in [2.45, 2.75) is 13.8 Å². The first-order chi connectivity index (χ1) is 8.06. The van der Waals surface area contributed by atoms with Gasteiger partial charge < -0.3 is 15.5 Å². The van der Waals surface area contributed by atoms with Crippen LogP contribution in [0, 0.1) is 13.8 Å². The lowest BCUT2D eigenvalue weighted by molar-refractivity contribution is 0.0995. The fourth-order valence-corrected chi connectivity index (χ4v) is 1.37. The van der Waals surface area contributed by atoms with Crippen molar-refractivity contribution in [3.63, 3.8) is 0 Å². The minimum Gasteiger partial charge on any atom is -0.456 e. The molecule has 0 saturated heterocycles. The maximum Gasteiger partial charge on any atom is 0.292 e. The second-order valence-electron chi connectivity index (χ2n) is 3.79. The van der Waals surface area contributed by atoms with E-state index in [4.69, 9.17) is 10.2 Å². The van der Waals surface area contributed by atoms with E-state index in [-0.39, 0.29) is 11.7 Å². The van der Waals surface area contributed by atoms with Crippen molar-refractivity contribution in [1.82, 2.24) is 4.98 Å². The van der Waals surface area contributed by atoms with Crippen LogP contribution in [0.2, 0.25) is 0 Å². The lowest BCUT2D eigenvalue weighted by Gasteiger charge is -2.04. The van der Waals surface area contributed by atoms with Crippen LogP contribution in [0.25, 0.3) is 0 Å². The average molecular weight is 231 g/mol. The highest BCUT2D eigenvalue weighted by Gasteiger charge is 2.11. The van der Waals surface area contributed by atoms with Crippen LogP contribution in [0.15, 0.2) is 28.8 Å². The third-order valence-electron chi connectivity index (χ3n) is 2.36. The summed E-state index contributed by atoms with van der Waals surface area (Å²) in [6.45, 7) is 3.63. The third kappa shape index (κ3) is 2.44. The standard InChI is InChI=1S/C12H13N3O2/c1-7-5-11(14-6-9(7)13)15-12(16)10-4-3-8(2)17-10/h3-6H,13H2,1-2H3,(H,14,15,16). The Balaban J connectivity index is 2.15. The van der Waals surface area contributed by atoms with E-state index < -0.39 is 0 Å². The number of nitrogens with one attached hydrogen (secondary N) is 1. The quantitative estimate of drug-likeness (QED) is 0.829. The summed E-state index contributed by atoms with van der Waals surface area (Å²) in [7, 11) is 0. The molecule has 1 amide bonds. The van der Waals surface area contributed by atoms with E-state index in [2.05, 4.69) is 10.3 Å². The van der Waals surface area contributed by atoms with Gasteiger partial charge in [0.25, 0.3) is 5.91 Å². The number of carbonyl (C=O) groups excluding carboxylic acids is 1. The number of aryl methyl sites for hydroxylation is 2. The van der Waals surface area contributed by atoms with Gasteiger partial charge in [-0.3, -0.25) is 4.79 Å². The zero-order valence-corrected chi connectivity index (χ0v) is 9.65. The molecule has 0 unspecified atom stereocenters. The predicted molar refractivity (Wildman–Crippen MR) is 64.8 cm³/mol. The first kappa shape index (κ1) is 11.2. The number of hydrogen-bond donors (Lipinski definition) is 2. The minimum absolute atomic E-state index is 0.263. The van der Waals surface area contributed by atoms with E-state index in [0.717, 1.165) is 5.56 Å². The molecule has 0 bridgehead atoms. The normalized spacial score (nSPS) is 10.2. The molecular formula is C12H13N3O2. The minimum atomic E-state index is -0.324. The first-order valence-electron chi connectivity index (χ1n) is 5.16. The van der Waals surface area contributed by atoms with Gasteiger partial charge in [0.2, 0.25) is 0 Å². The molecule has 0 atom stereocenters. The summed E-state index contributed by atoms with van der Waals surface area (Å²) in [5, 5.41) is 2.64. The zero-order chi connectivity index (χ0) is 12.4. The predicted octanol–water partition coefficient (Wildman–Crippen LogP) is 2.13. The molecule has 5 nitrogen and oxygen atoms in total. The Bertz CT molecular complexity index is 561. The number of rotatable bonds is 2. The smallest absolute Gasteiger partial charge is 0.292 e. The first-order valence-corrected chi connectivity index (χ1v) is 5.16. The van der Waals surface area contributed by atoms with Crippen molar-refractivity contribution in [3.05, 3.63) is 41.5 Å². The van der Waals surface area contributed by atoms with Crippen molar-refractivity contribution in [2.24, 2.45) is 0 Å². The van der Waals surface area contributed by atoms with Gasteiger partial charge in [-0.1, -0.05) is 0 Å². The molecule has 2 aromatic rings. The number of furan rings is 1. The topological polar surface area (TPSA) is 81.2 Å². The number of anilines is 2. The van der Waals surface area contributed by atoms with Gasteiger partial charge in [0.1, 0.15) is 11.6 Å². The number of nitrogens with two attached hydrogens (primary N) is 1. The number of amides is 1. The van der Waals surface area contributed by atoms with Crippen LogP contribution in [0.5, 0.6) is 0 Å². The molecule has 0 aromatic carbocycles. The van der Waals surface area contributed by atoms with Crippen LogP contribution in [0.1, 0.15) is 21.9 Å². The molecule has 2 aromatic heterocycles. The van der Waals surface area contributed by atoms with E-state index in [1.807, 2.05) is 6.92 Å². The van der Waals surface area contributed by atoms with Gasteiger partial charge in [-0.2, -0.15) is 0 Å². The molecule has 0 radical (unpaired) electrons. The molecule has 5 heteroatoms. The molecule has 0 aliphatic heterocycles. The number of pyridine rings is 1. The van der Waals surface area contributed by atoms with Gasteiger partial charge >= 0.3 is 0 Å². The van der Waals surface area contributed by atoms with Crippen molar-refractivity contribution >= 4 is 17.4 Å². The van der Waals surface area contributed by atoms with Gasteiger partial charge in [-0.15, -0.1) is 0 Å². The number of nitrogen functional groups attached to an aromatic ring is 1. The lowest BCUT2D eigenvalue weighted by Crippen LogP contribution is -2.12. The molecular weight excluding hydrogens is 218 g/mol. The molecule has 0 saturated carbocycles. The summed E-state index contributed by atoms with van der Waals surface area (Å²) in [4.78, 5) is 15.8. The molecule has 0 fully saturated rings. The third-order valence-corrected chi connectivity index (χ3v) is 2.36. The maximum absolute atomic E-state index is 11.7. The summed E-state index contributed by atoms with van der Waals surface area (Å²) >= 11 is 0. The highest BCUT2D eigenvalue weighted by molar-refractivity contribution is 6.01. The van der Waals surface area contributed by atoms with Gasteiger partial charge in [0, 0.05) is 0 Å². The number of nitrogens with zero attached hydrogens (tertiary/aromatic N) is 1. The number of carbonyl (C=O) groups is 1. The van der Waals surface area contributed by atoms with E-state index in [1.54, 1.807) is 25.1 Å². The SMILES string of the molecule is Cc1ccc(C(=O)Nc2cc(C)c(N)cn2)o1. The Hall–Kier alpha value is -2.30.